The van der Waals surface area contributed by atoms with Gasteiger partial charge in [0.05, 0.1) is 17.3 Å². The van der Waals surface area contributed by atoms with E-state index in [1.807, 2.05) is 0 Å². The fourth-order valence-corrected chi connectivity index (χ4v) is 5.31. The lowest BCUT2D eigenvalue weighted by molar-refractivity contribution is 0.111. The van der Waals surface area contributed by atoms with Gasteiger partial charge in [0.1, 0.15) is 0 Å². The number of nitrogens with zero attached hydrogens (tertiary/aromatic N) is 1. The maximum absolute atomic E-state index is 12.0. The molecule has 2 N–H and O–H groups in total. The molecule has 5 heteroatoms. The van der Waals surface area contributed by atoms with Crippen molar-refractivity contribution in [3.8, 4) is 0 Å². The summed E-state index contributed by atoms with van der Waals surface area (Å²) in [5.41, 5.74) is 10.4. The van der Waals surface area contributed by atoms with Crippen LogP contribution in [0.4, 0.5) is 0 Å². The van der Waals surface area contributed by atoms with Crippen molar-refractivity contribution in [3.05, 3.63) is 80.4 Å². The third-order valence-corrected chi connectivity index (χ3v) is 6.65. The van der Waals surface area contributed by atoms with Crippen LogP contribution in [0, 0.1) is 0 Å². The third kappa shape index (κ3) is 4.60. The maximum Gasteiger partial charge on any atom is 0.166 e. The Hall–Kier alpha value is -2.92. The second kappa shape index (κ2) is 10.8. The van der Waals surface area contributed by atoms with Gasteiger partial charge in [0.2, 0.25) is 0 Å². The van der Waals surface area contributed by atoms with E-state index in [1.54, 1.807) is 0 Å². The number of aromatic nitrogens is 2. The Morgan fingerprint density at radius 2 is 1.21 bits per heavy atom. The number of rotatable bonds is 11. The first kappa shape index (κ1) is 24.7. The Labute approximate surface area is 197 Å². The molecule has 33 heavy (non-hydrogen) atoms. The minimum absolute atomic E-state index is 0.121. The van der Waals surface area contributed by atoms with E-state index in [4.69, 9.17) is 0 Å². The highest BCUT2D eigenvalue weighted by atomic mass is 16.1. The molecule has 0 aliphatic rings. The monoisotopic (exact) mass is 447 g/mol. The normalized spacial score (nSPS) is 11.5. The number of hydrogen-bond acceptors (Lipinski definition) is 3. The number of aromatic amines is 2. The van der Waals surface area contributed by atoms with Crippen molar-refractivity contribution < 1.29 is 9.59 Å². The van der Waals surface area contributed by atoms with Gasteiger partial charge in [-0.15, -0.1) is 0 Å². The highest BCUT2D eigenvalue weighted by Gasteiger charge is 2.30. The van der Waals surface area contributed by atoms with Gasteiger partial charge in [0, 0.05) is 17.9 Å². The molecule has 3 aromatic rings. The lowest BCUT2D eigenvalue weighted by atomic mass is 9.83. The summed E-state index contributed by atoms with van der Waals surface area (Å²) >= 11 is 0. The van der Waals surface area contributed by atoms with Crippen LogP contribution in [0.2, 0.25) is 0 Å². The second-order valence-electron chi connectivity index (χ2n) is 8.84. The molecule has 0 saturated heterocycles. The molecule has 1 aromatic carbocycles. The van der Waals surface area contributed by atoms with Crippen molar-refractivity contribution in [1.29, 1.82) is 0 Å². The molecule has 0 saturated carbocycles. The Bertz CT molecular complexity index is 1060. The lowest BCUT2D eigenvalue weighted by Gasteiger charge is -2.24. The van der Waals surface area contributed by atoms with Gasteiger partial charge in [0.15, 0.2) is 12.6 Å². The quantitative estimate of drug-likeness (QED) is 0.384. The van der Waals surface area contributed by atoms with E-state index in [0.717, 1.165) is 67.3 Å². The van der Waals surface area contributed by atoms with Crippen molar-refractivity contribution in [2.24, 2.45) is 0 Å². The standard InChI is InChI=1S/C28H37N3O2/c1-7-19-21(9-3)27(29-24(19)16-32)26(23-14-12-11-13-18(23)15-31(5)6)28-22(10-4)20(8-2)25(17-33)30-28/h11-14,16-17,26,29-30H,7-10,15H2,1-6H3. The molecule has 2 aromatic heterocycles. The zero-order valence-corrected chi connectivity index (χ0v) is 20.8. The second-order valence-corrected chi connectivity index (χ2v) is 8.84. The minimum atomic E-state index is -0.121. The van der Waals surface area contributed by atoms with Crippen LogP contribution in [0.3, 0.4) is 0 Å². The molecule has 0 aliphatic carbocycles. The molecular weight excluding hydrogens is 410 g/mol. The summed E-state index contributed by atoms with van der Waals surface area (Å²) < 4.78 is 0. The Balaban J connectivity index is 2.41. The molecule has 0 amide bonds. The molecular formula is C28H37N3O2. The number of carbonyl (C=O) groups excluding carboxylic acids is 2. The lowest BCUT2D eigenvalue weighted by Crippen LogP contribution is -2.16. The van der Waals surface area contributed by atoms with Gasteiger partial charge in [-0.2, -0.15) is 0 Å². The summed E-state index contributed by atoms with van der Waals surface area (Å²) in [4.78, 5) is 33.1. The number of carbonyl (C=O) groups is 2. The van der Waals surface area contributed by atoms with Crippen molar-refractivity contribution in [2.75, 3.05) is 14.1 Å². The van der Waals surface area contributed by atoms with Gasteiger partial charge in [-0.3, -0.25) is 9.59 Å². The van der Waals surface area contributed by atoms with Crippen LogP contribution in [0.25, 0.3) is 0 Å². The van der Waals surface area contributed by atoms with Crippen molar-refractivity contribution in [3.63, 3.8) is 0 Å². The first-order valence-electron chi connectivity index (χ1n) is 12.0. The first-order valence-corrected chi connectivity index (χ1v) is 12.0. The van der Waals surface area contributed by atoms with Crippen molar-refractivity contribution in [1.82, 2.24) is 14.9 Å². The van der Waals surface area contributed by atoms with E-state index in [9.17, 15) is 9.59 Å². The minimum Gasteiger partial charge on any atom is -0.355 e. The average Bonchev–Trinajstić information content (AvgIpc) is 3.36. The molecule has 5 nitrogen and oxygen atoms in total. The number of H-pyrrole nitrogens is 2. The molecule has 2 heterocycles. The Morgan fingerprint density at radius 3 is 1.61 bits per heavy atom. The van der Waals surface area contributed by atoms with E-state index in [0.29, 0.717) is 11.4 Å². The van der Waals surface area contributed by atoms with Gasteiger partial charge >= 0.3 is 0 Å². The van der Waals surface area contributed by atoms with Crippen molar-refractivity contribution in [2.45, 2.75) is 65.8 Å². The van der Waals surface area contributed by atoms with Crippen LogP contribution >= 0.6 is 0 Å². The van der Waals surface area contributed by atoms with Crippen LogP contribution in [-0.4, -0.2) is 41.5 Å². The van der Waals surface area contributed by atoms with E-state index >= 15 is 0 Å². The highest BCUT2D eigenvalue weighted by Crippen LogP contribution is 2.40. The summed E-state index contributed by atoms with van der Waals surface area (Å²) in [5, 5.41) is 0. The molecule has 3 rings (SSSR count). The number of nitrogens with one attached hydrogen (secondary N) is 2. The fourth-order valence-electron chi connectivity index (χ4n) is 5.31. The van der Waals surface area contributed by atoms with E-state index < -0.39 is 0 Å². The van der Waals surface area contributed by atoms with Crippen LogP contribution in [0.5, 0.6) is 0 Å². The SMILES string of the molecule is CCc1c(C=O)[nH]c(C(c2ccccc2CN(C)C)c2[nH]c(C=O)c(CC)c2CC)c1CC. The van der Waals surface area contributed by atoms with Crippen LogP contribution in [0.1, 0.15) is 99.4 Å². The van der Waals surface area contributed by atoms with Crippen LogP contribution in [0.15, 0.2) is 24.3 Å². The van der Waals surface area contributed by atoms with Crippen LogP contribution < -0.4 is 0 Å². The predicted molar refractivity (Wildman–Crippen MR) is 135 cm³/mol. The highest BCUT2D eigenvalue weighted by molar-refractivity contribution is 5.78. The molecule has 0 fully saturated rings. The molecule has 0 radical (unpaired) electrons. The topological polar surface area (TPSA) is 69.0 Å². The van der Waals surface area contributed by atoms with Gasteiger partial charge in [-0.05, 0) is 73.2 Å². The van der Waals surface area contributed by atoms with Gasteiger partial charge in [-0.25, -0.2) is 0 Å². The van der Waals surface area contributed by atoms with E-state index in [-0.39, 0.29) is 5.92 Å². The molecule has 0 aliphatic heterocycles. The average molecular weight is 448 g/mol. The summed E-state index contributed by atoms with van der Waals surface area (Å²) in [5.74, 6) is -0.121. The smallest absolute Gasteiger partial charge is 0.166 e. The largest absolute Gasteiger partial charge is 0.355 e. The molecule has 0 spiro atoms. The molecule has 176 valence electrons. The van der Waals surface area contributed by atoms with Crippen molar-refractivity contribution >= 4 is 12.6 Å². The number of benzene rings is 1. The number of hydrogen-bond donors (Lipinski definition) is 2. The van der Waals surface area contributed by atoms with Gasteiger partial charge in [-0.1, -0.05) is 52.0 Å². The fraction of sp³-hybridized carbons (Fsp3) is 0.429. The first-order chi connectivity index (χ1) is 15.9. The summed E-state index contributed by atoms with van der Waals surface area (Å²) in [6.45, 7) is 9.29. The van der Waals surface area contributed by atoms with Gasteiger partial charge in [0.25, 0.3) is 0 Å². The number of aldehydes is 2. The summed E-state index contributed by atoms with van der Waals surface area (Å²) in [7, 11) is 4.15. The maximum atomic E-state index is 12.0. The Kier molecular flexibility index (Phi) is 8.09. The molecule has 0 bridgehead atoms. The molecule has 0 atom stereocenters. The zero-order chi connectivity index (χ0) is 24.1. The summed E-state index contributed by atoms with van der Waals surface area (Å²) in [6.07, 6.45) is 5.13. The van der Waals surface area contributed by atoms with Crippen LogP contribution in [-0.2, 0) is 32.2 Å². The predicted octanol–water partition coefficient (Wildman–Crippen LogP) is 5.46. The Morgan fingerprint density at radius 1 is 0.758 bits per heavy atom. The zero-order valence-electron chi connectivity index (χ0n) is 20.8. The van der Waals surface area contributed by atoms with E-state index in [2.05, 4.69) is 80.9 Å². The third-order valence-electron chi connectivity index (χ3n) is 6.65. The van der Waals surface area contributed by atoms with E-state index in [1.165, 1.54) is 22.3 Å². The molecule has 0 unspecified atom stereocenters. The summed E-state index contributed by atoms with van der Waals surface area (Å²) in [6, 6.07) is 8.51. The van der Waals surface area contributed by atoms with Gasteiger partial charge < -0.3 is 14.9 Å².